The number of rotatable bonds is 7. The van der Waals surface area contributed by atoms with Crippen molar-refractivity contribution >= 4 is 0 Å². The molecule has 0 amide bonds. The minimum absolute atomic E-state index is 0.511. The molecule has 1 saturated carbocycles. The fraction of sp³-hybridized carbons (Fsp3) is 1.00. The van der Waals surface area contributed by atoms with E-state index < -0.39 is 0 Å². The van der Waals surface area contributed by atoms with Gasteiger partial charge in [-0.1, -0.05) is 13.8 Å². The van der Waals surface area contributed by atoms with E-state index in [9.17, 15) is 0 Å². The Kier molecular flexibility index (Phi) is 7.09. The molecule has 1 aliphatic rings. The van der Waals surface area contributed by atoms with Gasteiger partial charge in [0.2, 0.25) is 0 Å². The second-order valence-corrected chi connectivity index (χ2v) is 5.81. The smallest absolute Gasteiger partial charge is 0.0594 e. The summed E-state index contributed by atoms with van der Waals surface area (Å²) in [6.45, 7) is 8.71. The second kappa shape index (κ2) is 8.06. The first-order valence-corrected chi connectivity index (χ1v) is 7.06. The molecule has 0 aromatic carbocycles. The maximum absolute atomic E-state index is 5.93. The first-order valence-electron chi connectivity index (χ1n) is 7.06. The van der Waals surface area contributed by atoms with Crippen LogP contribution in [-0.4, -0.2) is 51.3 Å². The zero-order valence-corrected chi connectivity index (χ0v) is 12.0. The van der Waals surface area contributed by atoms with Crippen molar-refractivity contribution in [3.8, 4) is 0 Å². The molecule has 1 N–H and O–H groups in total. The van der Waals surface area contributed by atoms with Crippen LogP contribution in [0.2, 0.25) is 0 Å². The number of likely N-dealkylation sites (N-methyl/N-ethyl adjacent to an activating group) is 1. The van der Waals surface area contributed by atoms with Crippen molar-refractivity contribution < 1.29 is 4.74 Å². The third-order valence-corrected chi connectivity index (χ3v) is 3.92. The summed E-state index contributed by atoms with van der Waals surface area (Å²) in [4.78, 5) is 2.19. The standard InChI is InChI=1S/C14H30N2O/c1-12-5-6-14(11-13(12)2)17-10-8-15-7-9-16(3)4/h12-15H,5-11H2,1-4H3. The third kappa shape index (κ3) is 6.39. The fourth-order valence-electron chi connectivity index (χ4n) is 2.37. The van der Waals surface area contributed by atoms with E-state index in [4.69, 9.17) is 4.74 Å². The van der Waals surface area contributed by atoms with Crippen molar-refractivity contribution in [1.82, 2.24) is 10.2 Å². The summed E-state index contributed by atoms with van der Waals surface area (Å²) in [5.74, 6) is 1.71. The number of ether oxygens (including phenoxy) is 1. The summed E-state index contributed by atoms with van der Waals surface area (Å²) in [6.07, 6.45) is 4.35. The Balaban J connectivity index is 1.96. The summed E-state index contributed by atoms with van der Waals surface area (Å²) in [5.41, 5.74) is 0. The maximum Gasteiger partial charge on any atom is 0.0594 e. The van der Waals surface area contributed by atoms with Crippen LogP contribution in [-0.2, 0) is 4.74 Å². The van der Waals surface area contributed by atoms with Crippen molar-refractivity contribution in [1.29, 1.82) is 0 Å². The molecule has 3 heteroatoms. The van der Waals surface area contributed by atoms with Gasteiger partial charge in [-0.15, -0.1) is 0 Å². The highest BCUT2D eigenvalue weighted by molar-refractivity contribution is 4.75. The largest absolute Gasteiger partial charge is 0.377 e. The highest BCUT2D eigenvalue weighted by Gasteiger charge is 2.24. The minimum Gasteiger partial charge on any atom is -0.377 e. The van der Waals surface area contributed by atoms with Crippen LogP contribution in [0.1, 0.15) is 33.1 Å². The summed E-state index contributed by atoms with van der Waals surface area (Å²) in [5, 5.41) is 3.41. The monoisotopic (exact) mass is 242 g/mol. The van der Waals surface area contributed by atoms with E-state index in [0.29, 0.717) is 6.10 Å². The molecule has 17 heavy (non-hydrogen) atoms. The molecular formula is C14H30N2O. The molecule has 0 heterocycles. The molecule has 0 bridgehead atoms. The molecule has 3 nitrogen and oxygen atoms in total. The van der Waals surface area contributed by atoms with Crippen LogP contribution in [0.25, 0.3) is 0 Å². The van der Waals surface area contributed by atoms with Crippen molar-refractivity contribution in [3.63, 3.8) is 0 Å². The predicted octanol–water partition coefficient (Wildman–Crippen LogP) is 1.98. The summed E-state index contributed by atoms with van der Waals surface area (Å²) < 4.78 is 5.93. The van der Waals surface area contributed by atoms with E-state index in [1.165, 1.54) is 19.3 Å². The van der Waals surface area contributed by atoms with Crippen LogP contribution in [0.3, 0.4) is 0 Å². The van der Waals surface area contributed by atoms with Gasteiger partial charge in [0, 0.05) is 19.6 Å². The molecule has 1 aliphatic carbocycles. The summed E-state index contributed by atoms with van der Waals surface area (Å²) in [6, 6.07) is 0. The van der Waals surface area contributed by atoms with Crippen molar-refractivity contribution in [2.75, 3.05) is 40.3 Å². The molecule has 0 spiro atoms. The van der Waals surface area contributed by atoms with Gasteiger partial charge in [-0.25, -0.2) is 0 Å². The molecule has 0 aliphatic heterocycles. The van der Waals surface area contributed by atoms with E-state index in [0.717, 1.165) is 38.1 Å². The lowest BCUT2D eigenvalue weighted by atomic mass is 9.80. The number of hydrogen-bond acceptors (Lipinski definition) is 3. The Labute approximate surface area is 107 Å². The average Bonchev–Trinajstić information content (AvgIpc) is 2.27. The Morgan fingerprint density at radius 3 is 2.53 bits per heavy atom. The Morgan fingerprint density at radius 2 is 1.88 bits per heavy atom. The zero-order chi connectivity index (χ0) is 12.7. The molecule has 0 saturated heterocycles. The summed E-state index contributed by atoms with van der Waals surface area (Å²) in [7, 11) is 4.20. The first-order chi connectivity index (χ1) is 8.09. The van der Waals surface area contributed by atoms with E-state index >= 15 is 0 Å². The van der Waals surface area contributed by atoms with Gasteiger partial charge in [0.25, 0.3) is 0 Å². The maximum atomic E-state index is 5.93. The zero-order valence-electron chi connectivity index (χ0n) is 12.0. The predicted molar refractivity (Wildman–Crippen MR) is 73.3 cm³/mol. The van der Waals surface area contributed by atoms with Crippen LogP contribution in [0, 0.1) is 11.8 Å². The SMILES string of the molecule is CC1CCC(OCCNCCN(C)C)CC1C. The Bertz CT molecular complexity index is 197. The van der Waals surface area contributed by atoms with E-state index in [2.05, 4.69) is 38.2 Å². The van der Waals surface area contributed by atoms with Gasteiger partial charge in [-0.3, -0.25) is 0 Å². The number of hydrogen-bond donors (Lipinski definition) is 1. The topological polar surface area (TPSA) is 24.5 Å². The minimum atomic E-state index is 0.511. The van der Waals surface area contributed by atoms with Gasteiger partial charge < -0.3 is 15.0 Å². The first kappa shape index (κ1) is 14.9. The van der Waals surface area contributed by atoms with E-state index in [-0.39, 0.29) is 0 Å². The van der Waals surface area contributed by atoms with Gasteiger partial charge >= 0.3 is 0 Å². The van der Waals surface area contributed by atoms with E-state index in [1.807, 2.05) is 0 Å². The van der Waals surface area contributed by atoms with Gasteiger partial charge in [-0.2, -0.15) is 0 Å². The molecular weight excluding hydrogens is 212 g/mol. The lowest BCUT2D eigenvalue weighted by Crippen LogP contribution is -2.32. The lowest BCUT2D eigenvalue weighted by Gasteiger charge is -2.32. The molecule has 1 rings (SSSR count). The third-order valence-electron chi connectivity index (χ3n) is 3.92. The molecule has 0 aromatic rings. The lowest BCUT2D eigenvalue weighted by molar-refractivity contribution is 0.00430. The number of nitrogens with one attached hydrogen (secondary N) is 1. The molecule has 102 valence electrons. The molecule has 1 fully saturated rings. The van der Waals surface area contributed by atoms with Crippen LogP contribution >= 0.6 is 0 Å². The molecule has 0 radical (unpaired) electrons. The van der Waals surface area contributed by atoms with Gasteiger partial charge in [0.05, 0.1) is 12.7 Å². The highest BCUT2D eigenvalue weighted by Crippen LogP contribution is 2.30. The van der Waals surface area contributed by atoms with Gasteiger partial charge in [0.1, 0.15) is 0 Å². The highest BCUT2D eigenvalue weighted by atomic mass is 16.5. The van der Waals surface area contributed by atoms with Crippen LogP contribution in [0.15, 0.2) is 0 Å². The number of nitrogens with zero attached hydrogens (tertiary/aromatic N) is 1. The second-order valence-electron chi connectivity index (χ2n) is 5.81. The van der Waals surface area contributed by atoms with Crippen molar-refractivity contribution in [3.05, 3.63) is 0 Å². The Morgan fingerprint density at radius 1 is 1.12 bits per heavy atom. The molecule has 3 unspecified atom stereocenters. The Hall–Kier alpha value is -0.120. The van der Waals surface area contributed by atoms with E-state index in [1.54, 1.807) is 0 Å². The molecule has 0 aromatic heterocycles. The normalized spacial score (nSPS) is 29.8. The van der Waals surface area contributed by atoms with Gasteiger partial charge in [0.15, 0.2) is 0 Å². The average molecular weight is 242 g/mol. The van der Waals surface area contributed by atoms with Crippen molar-refractivity contribution in [2.24, 2.45) is 11.8 Å². The van der Waals surface area contributed by atoms with Crippen LogP contribution in [0.5, 0.6) is 0 Å². The van der Waals surface area contributed by atoms with Crippen molar-refractivity contribution in [2.45, 2.75) is 39.2 Å². The molecule has 3 atom stereocenters. The quantitative estimate of drug-likeness (QED) is 0.691. The van der Waals surface area contributed by atoms with Gasteiger partial charge in [-0.05, 0) is 45.2 Å². The van der Waals surface area contributed by atoms with Crippen LogP contribution < -0.4 is 5.32 Å². The van der Waals surface area contributed by atoms with Crippen LogP contribution in [0.4, 0.5) is 0 Å². The fourth-order valence-corrected chi connectivity index (χ4v) is 2.37. The summed E-state index contributed by atoms with van der Waals surface area (Å²) >= 11 is 0.